The fourth-order valence-corrected chi connectivity index (χ4v) is 2.07. The van der Waals surface area contributed by atoms with Crippen LogP contribution in [0.4, 0.5) is 0 Å². The largest absolute Gasteiger partial charge is 0.381 e. The number of hydrogen-bond acceptors (Lipinski definition) is 3. The van der Waals surface area contributed by atoms with Gasteiger partial charge in [-0.1, -0.05) is 6.92 Å². The molecule has 3 heteroatoms. The summed E-state index contributed by atoms with van der Waals surface area (Å²) in [5.41, 5.74) is 0. The lowest BCUT2D eigenvalue weighted by Crippen LogP contribution is -2.44. The van der Waals surface area contributed by atoms with Gasteiger partial charge in [0.05, 0.1) is 19.3 Å². The summed E-state index contributed by atoms with van der Waals surface area (Å²) >= 11 is 0. The van der Waals surface area contributed by atoms with E-state index in [1.807, 2.05) is 0 Å². The third-order valence-corrected chi connectivity index (χ3v) is 3.03. The van der Waals surface area contributed by atoms with E-state index in [4.69, 9.17) is 9.47 Å². The van der Waals surface area contributed by atoms with Crippen LogP contribution in [0.15, 0.2) is 0 Å². The molecule has 0 bridgehead atoms. The number of rotatable bonds is 7. The Kier molecular flexibility index (Phi) is 7.01. The molecule has 0 saturated carbocycles. The quantitative estimate of drug-likeness (QED) is 0.726. The fraction of sp³-hybridized carbons (Fsp3) is 1.00. The van der Waals surface area contributed by atoms with Crippen molar-refractivity contribution < 1.29 is 9.47 Å². The van der Waals surface area contributed by atoms with E-state index in [9.17, 15) is 0 Å². The summed E-state index contributed by atoms with van der Waals surface area (Å²) in [5.74, 6) is 0.624. The number of hydrogen-bond donors (Lipinski definition) is 1. The van der Waals surface area contributed by atoms with Crippen molar-refractivity contribution in [2.24, 2.45) is 5.92 Å². The van der Waals surface area contributed by atoms with E-state index in [1.165, 1.54) is 19.3 Å². The minimum Gasteiger partial charge on any atom is -0.381 e. The standard InChI is InChI=1S/C13H27NO2/c1-4-7-14-13(10-16-11(2)3)12-6-5-8-15-9-12/h11-14H,4-10H2,1-3H3. The number of ether oxygens (including phenoxy) is 2. The van der Waals surface area contributed by atoms with E-state index in [0.717, 1.165) is 26.4 Å². The van der Waals surface area contributed by atoms with E-state index in [2.05, 4.69) is 26.1 Å². The minimum atomic E-state index is 0.315. The highest BCUT2D eigenvalue weighted by atomic mass is 16.5. The summed E-state index contributed by atoms with van der Waals surface area (Å²) in [4.78, 5) is 0. The predicted molar refractivity (Wildman–Crippen MR) is 66.7 cm³/mol. The molecule has 1 N–H and O–H groups in total. The van der Waals surface area contributed by atoms with Crippen LogP contribution < -0.4 is 5.32 Å². The van der Waals surface area contributed by atoms with Crippen molar-refractivity contribution in [3.8, 4) is 0 Å². The van der Waals surface area contributed by atoms with Crippen LogP contribution in [0.3, 0.4) is 0 Å². The highest BCUT2D eigenvalue weighted by Crippen LogP contribution is 2.18. The SMILES string of the molecule is CCCNC(COC(C)C)C1CCCOC1. The third kappa shape index (κ3) is 5.28. The summed E-state index contributed by atoms with van der Waals surface area (Å²) in [6, 6.07) is 0.461. The number of nitrogens with one attached hydrogen (secondary N) is 1. The van der Waals surface area contributed by atoms with E-state index in [-0.39, 0.29) is 0 Å². The second-order valence-corrected chi connectivity index (χ2v) is 4.92. The molecule has 0 aromatic rings. The first-order valence-electron chi connectivity index (χ1n) is 6.66. The van der Waals surface area contributed by atoms with Gasteiger partial charge < -0.3 is 14.8 Å². The molecule has 16 heavy (non-hydrogen) atoms. The first kappa shape index (κ1) is 13.9. The van der Waals surface area contributed by atoms with Gasteiger partial charge in [0.25, 0.3) is 0 Å². The van der Waals surface area contributed by atoms with E-state index in [1.54, 1.807) is 0 Å². The third-order valence-electron chi connectivity index (χ3n) is 3.03. The van der Waals surface area contributed by atoms with Crippen molar-refractivity contribution in [2.75, 3.05) is 26.4 Å². The van der Waals surface area contributed by atoms with E-state index in [0.29, 0.717) is 18.1 Å². The Morgan fingerprint density at radius 3 is 2.81 bits per heavy atom. The van der Waals surface area contributed by atoms with Gasteiger partial charge >= 0.3 is 0 Å². The molecule has 3 nitrogen and oxygen atoms in total. The molecule has 0 aromatic heterocycles. The Labute approximate surface area is 99.9 Å². The zero-order chi connectivity index (χ0) is 11.8. The topological polar surface area (TPSA) is 30.5 Å². The van der Waals surface area contributed by atoms with Gasteiger partial charge in [-0.2, -0.15) is 0 Å². The summed E-state index contributed by atoms with van der Waals surface area (Å²) < 4.78 is 11.3. The Morgan fingerprint density at radius 1 is 1.44 bits per heavy atom. The Hall–Kier alpha value is -0.120. The van der Waals surface area contributed by atoms with Crippen molar-refractivity contribution >= 4 is 0 Å². The molecular weight excluding hydrogens is 202 g/mol. The molecule has 0 aromatic carbocycles. The lowest BCUT2D eigenvalue weighted by atomic mass is 9.94. The highest BCUT2D eigenvalue weighted by Gasteiger charge is 2.24. The van der Waals surface area contributed by atoms with Gasteiger partial charge in [0.2, 0.25) is 0 Å². The summed E-state index contributed by atoms with van der Waals surface area (Å²) in [6.07, 6.45) is 3.95. The first-order valence-corrected chi connectivity index (χ1v) is 6.66. The molecule has 0 amide bonds. The smallest absolute Gasteiger partial charge is 0.0626 e. The van der Waals surface area contributed by atoms with Gasteiger partial charge in [-0.3, -0.25) is 0 Å². The maximum Gasteiger partial charge on any atom is 0.0626 e. The van der Waals surface area contributed by atoms with Crippen LogP contribution in [0.2, 0.25) is 0 Å². The summed E-state index contributed by atoms with van der Waals surface area (Å²) in [5, 5.41) is 3.59. The van der Waals surface area contributed by atoms with Crippen LogP contribution in [-0.2, 0) is 9.47 Å². The Bertz CT molecular complexity index is 167. The lowest BCUT2D eigenvalue weighted by Gasteiger charge is -2.31. The molecule has 0 spiro atoms. The molecule has 1 aliphatic heterocycles. The van der Waals surface area contributed by atoms with Crippen molar-refractivity contribution in [3.63, 3.8) is 0 Å². The van der Waals surface area contributed by atoms with Crippen LogP contribution >= 0.6 is 0 Å². The van der Waals surface area contributed by atoms with Crippen molar-refractivity contribution in [1.82, 2.24) is 5.32 Å². The van der Waals surface area contributed by atoms with Gasteiger partial charge in [0.1, 0.15) is 0 Å². The van der Waals surface area contributed by atoms with Crippen molar-refractivity contribution in [2.45, 2.75) is 52.2 Å². The highest BCUT2D eigenvalue weighted by molar-refractivity contribution is 4.78. The zero-order valence-electron chi connectivity index (χ0n) is 11.0. The first-order chi connectivity index (χ1) is 7.74. The second kappa shape index (κ2) is 8.04. The van der Waals surface area contributed by atoms with Gasteiger partial charge in [0.15, 0.2) is 0 Å². The van der Waals surface area contributed by atoms with Crippen molar-refractivity contribution in [1.29, 1.82) is 0 Å². The van der Waals surface area contributed by atoms with Crippen LogP contribution in [0.1, 0.15) is 40.0 Å². The van der Waals surface area contributed by atoms with Crippen LogP contribution in [0.5, 0.6) is 0 Å². The van der Waals surface area contributed by atoms with E-state index < -0.39 is 0 Å². The van der Waals surface area contributed by atoms with Gasteiger partial charge in [-0.15, -0.1) is 0 Å². The molecular formula is C13H27NO2. The summed E-state index contributed by atoms with van der Waals surface area (Å²) in [7, 11) is 0. The molecule has 96 valence electrons. The molecule has 1 rings (SSSR count). The van der Waals surface area contributed by atoms with Gasteiger partial charge in [-0.25, -0.2) is 0 Å². The molecule has 1 heterocycles. The molecule has 0 radical (unpaired) electrons. The van der Waals surface area contributed by atoms with Gasteiger partial charge in [-0.05, 0) is 45.6 Å². The van der Waals surface area contributed by atoms with Crippen LogP contribution in [-0.4, -0.2) is 38.5 Å². The van der Waals surface area contributed by atoms with Crippen molar-refractivity contribution in [3.05, 3.63) is 0 Å². The lowest BCUT2D eigenvalue weighted by molar-refractivity contribution is 0.000870. The summed E-state index contributed by atoms with van der Waals surface area (Å²) in [6.45, 7) is 10.1. The Morgan fingerprint density at radius 2 is 2.25 bits per heavy atom. The fourth-order valence-electron chi connectivity index (χ4n) is 2.07. The molecule has 2 atom stereocenters. The minimum absolute atomic E-state index is 0.315. The predicted octanol–water partition coefficient (Wildman–Crippen LogP) is 2.21. The second-order valence-electron chi connectivity index (χ2n) is 4.92. The monoisotopic (exact) mass is 229 g/mol. The van der Waals surface area contributed by atoms with Gasteiger partial charge in [0, 0.05) is 12.6 Å². The van der Waals surface area contributed by atoms with Crippen LogP contribution in [0.25, 0.3) is 0 Å². The van der Waals surface area contributed by atoms with Crippen LogP contribution in [0, 0.1) is 5.92 Å². The average Bonchev–Trinajstić information content (AvgIpc) is 2.30. The maximum absolute atomic E-state index is 5.74. The maximum atomic E-state index is 5.74. The molecule has 1 fully saturated rings. The average molecular weight is 229 g/mol. The molecule has 2 unspecified atom stereocenters. The molecule has 1 saturated heterocycles. The zero-order valence-corrected chi connectivity index (χ0v) is 11.0. The molecule has 1 aliphatic rings. The Balaban J connectivity index is 2.34. The molecule has 0 aliphatic carbocycles. The normalized spacial score (nSPS) is 23.6. The van der Waals surface area contributed by atoms with E-state index >= 15 is 0 Å².